The molecule has 0 amide bonds. The molecule has 0 saturated heterocycles. The molecule has 7 nitrogen and oxygen atoms in total. The molecule has 1 aromatic rings. The summed E-state index contributed by atoms with van der Waals surface area (Å²) >= 11 is 0. The van der Waals surface area contributed by atoms with Gasteiger partial charge in [-0.05, 0) is 12.5 Å². The first kappa shape index (κ1) is 14.7. The summed E-state index contributed by atoms with van der Waals surface area (Å²) in [5.41, 5.74) is 6.29. The van der Waals surface area contributed by atoms with Crippen LogP contribution >= 0.6 is 0 Å². The summed E-state index contributed by atoms with van der Waals surface area (Å²) in [4.78, 5) is 14.4. The predicted octanol–water partition coefficient (Wildman–Crippen LogP) is 1.42. The number of aliphatic imine (C=N–C) groups is 1. The molecule has 7 heteroatoms. The normalized spacial score (nSPS) is 11.2. The summed E-state index contributed by atoms with van der Waals surface area (Å²) in [6.07, 6.45) is 0.941. The summed E-state index contributed by atoms with van der Waals surface area (Å²) in [7, 11) is 1.51. The third-order valence-electron chi connectivity index (χ3n) is 2.45. The second-order valence-corrected chi connectivity index (χ2v) is 3.88. The van der Waals surface area contributed by atoms with Crippen LogP contribution in [0.2, 0.25) is 0 Å². The molecule has 0 atom stereocenters. The number of rotatable bonds is 6. The monoisotopic (exact) mass is 266 g/mol. The number of nitro groups is 1. The minimum Gasteiger partial charge on any atom is -0.496 e. The van der Waals surface area contributed by atoms with E-state index in [0.29, 0.717) is 17.3 Å². The van der Waals surface area contributed by atoms with Crippen LogP contribution in [0.5, 0.6) is 5.75 Å². The third kappa shape index (κ3) is 4.46. The van der Waals surface area contributed by atoms with Crippen LogP contribution in [0.25, 0.3) is 0 Å². The van der Waals surface area contributed by atoms with Crippen LogP contribution in [0.1, 0.15) is 18.9 Å². The zero-order valence-corrected chi connectivity index (χ0v) is 11.0. The van der Waals surface area contributed by atoms with Crippen molar-refractivity contribution in [2.45, 2.75) is 19.9 Å². The number of hydrogen-bond donors (Lipinski definition) is 2. The molecule has 19 heavy (non-hydrogen) atoms. The van der Waals surface area contributed by atoms with Crippen LogP contribution < -0.4 is 15.8 Å². The van der Waals surface area contributed by atoms with Gasteiger partial charge in [0, 0.05) is 24.2 Å². The number of non-ortho nitro benzene ring substituents is 1. The SMILES string of the molecule is CCCNC(N)=NCc1cc([N+](=O)[O-])ccc1OC. The van der Waals surface area contributed by atoms with E-state index in [4.69, 9.17) is 10.5 Å². The van der Waals surface area contributed by atoms with Crippen molar-refractivity contribution in [3.63, 3.8) is 0 Å². The second-order valence-electron chi connectivity index (χ2n) is 3.88. The number of benzene rings is 1. The Labute approximate surface area is 111 Å². The lowest BCUT2D eigenvalue weighted by atomic mass is 10.2. The number of nitrogens with two attached hydrogens (primary N) is 1. The second kappa shape index (κ2) is 7.20. The Morgan fingerprint density at radius 1 is 1.58 bits per heavy atom. The lowest BCUT2D eigenvalue weighted by Crippen LogP contribution is -2.32. The van der Waals surface area contributed by atoms with Crippen molar-refractivity contribution in [3.05, 3.63) is 33.9 Å². The van der Waals surface area contributed by atoms with E-state index in [1.165, 1.54) is 19.2 Å². The van der Waals surface area contributed by atoms with Crippen LogP contribution in [-0.2, 0) is 6.54 Å². The lowest BCUT2D eigenvalue weighted by molar-refractivity contribution is -0.384. The molecule has 0 heterocycles. The largest absolute Gasteiger partial charge is 0.496 e. The van der Waals surface area contributed by atoms with Gasteiger partial charge in [0.05, 0.1) is 18.6 Å². The molecule has 0 unspecified atom stereocenters. The zero-order valence-electron chi connectivity index (χ0n) is 11.0. The number of guanidine groups is 1. The molecular formula is C12H18N4O3. The summed E-state index contributed by atoms with van der Waals surface area (Å²) in [6, 6.07) is 4.39. The van der Waals surface area contributed by atoms with Crippen molar-refractivity contribution in [1.82, 2.24) is 5.32 Å². The van der Waals surface area contributed by atoms with Crippen molar-refractivity contribution in [3.8, 4) is 5.75 Å². The van der Waals surface area contributed by atoms with Crippen LogP contribution in [-0.4, -0.2) is 24.5 Å². The van der Waals surface area contributed by atoms with Gasteiger partial charge in [0.25, 0.3) is 5.69 Å². The van der Waals surface area contributed by atoms with Crippen LogP contribution in [0, 0.1) is 10.1 Å². The summed E-state index contributed by atoms with van der Waals surface area (Å²) < 4.78 is 5.14. The highest BCUT2D eigenvalue weighted by molar-refractivity contribution is 5.77. The predicted molar refractivity (Wildman–Crippen MR) is 73.3 cm³/mol. The fourth-order valence-electron chi connectivity index (χ4n) is 1.48. The molecule has 1 rings (SSSR count). The van der Waals surface area contributed by atoms with Gasteiger partial charge in [0.15, 0.2) is 5.96 Å². The van der Waals surface area contributed by atoms with E-state index in [1.807, 2.05) is 6.92 Å². The Balaban J connectivity index is 2.86. The van der Waals surface area contributed by atoms with Crippen molar-refractivity contribution in [2.75, 3.05) is 13.7 Å². The molecule has 0 aliphatic carbocycles. The van der Waals surface area contributed by atoms with Crippen molar-refractivity contribution < 1.29 is 9.66 Å². The molecule has 0 radical (unpaired) electrons. The van der Waals surface area contributed by atoms with E-state index in [-0.39, 0.29) is 12.2 Å². The first-order chi connectivity index (χ1) is 9.08. The molecular weight excluding hydrogens is 248 g/mol. The summed E-state index contributed by atoms with van der Waals surface area (Å²) in [5.74, 6) is 0.869. The lowest BCUT2D eigenvalue weighted by Gasteiger charge is -2.07. The maximum Gasteiger partial charge on any atom is 0.270 e. The number of ether oxygens (including phenoxy) is 1. The smallest absolute Gasteiger partial charge is 0.270 e. The van der Waals surface area contributed by atoms with E-state index >= 15 is 0 Å². The van der Waals surface area contributed by atoms with Gasteiger partial charge in [-0.3, -0.25) is 10.1 Å². The molecule has 0 aliphatic heterocycles. The Hall–Kier alpha value is -2.31. The van der Waals surface area contributed by atoms with Crippen LogP contribution in [0.3, 0.4) is 0 Å². The maximum absolute atomic E-state index is 10.7. The van der Waals surface area contributed by atoms with Crippen molar-refractivity contribution >= 4 is 11.6 Å². The molecule has 0 aromatic heterocycles. The highest BCUT2D eigenvalue weighted by Gasteiger charge is 2.10. The number of nitrogens with one attached hydrogen (secondary N) is 1. The summed E-state index contributed by atoms with van der Waals surface area (Å²) in [6.45, 7) is 2.98. The van der Waals surface area contributed by atoms with Gasteiger partial charge in [-0.1, -0.05) is 6.92 Å². The van der Waals surface area contributed by atoms with Crippen LogP contribution in [0.15, 0.2) is 23.2 Å². The van der Waals surface area contributed by atoms with Gasteiger partial charge in [-0.15, -0.1) is 0 Å². The molecule has 3 N–H and O–H groups in total. The standard InChI is InChI=1S/C12H18N4O3/c1-3-6-14-12(13)15-8-9-7-10(16(17)18)4-5-11(9)19-2/h4-5,7H,3,6,8H2,1-2H3,(H3,13,14,15). The summed E-state index contributed by atoms with van der Waals surface area (Å²) in [5, 5.41) is 13.7. The molecule has 0 spiro atoms. The van der Waals surface area contributed by atoms with Gasteiger partial charge in [0.2, 0.25) is 0 Å². The number of hydrogen-bond acceptors (Lipinski definition) is 4. The molecule has 0 aliphatic rings. The average molecular weight is 266 g/mol. The molecule has 0 bridgehead atoms. The van der Waals surface area contributed by atoms with E-state index in [9.17, 15) is 10.1 Å². The average Bonchev–Trinajstić information content (AvgIpc) is 2.42. The molecule has 104 valence electrons. The Bertz CT molecular complexity index is 474. The maximum atomic E-state index is 10.7. The first-order valence-electron chi connectivity index (χ1n) is 5.93. The van der Waals surface area contributed by atoms with Gasteiger partial charge >= 0.3 is 0 Å². The Morgan fingerprint density at radius 2 is 2.32 bits per heavy atom. The first-order valence-corrected chi connectivity index (χ1v) is 5.93. The fourth-order valence-corrected chi connectivity index (χ4v) is 1.48. The molecule has 0 saturated carbocycles. The molecule has 1 aromatic carbocycles. The Morgan fingerprint density at radius 3 is 2.89 bits per heavy atom. The highest BCUT2D eigenvalue weighted by atomic mass is 16.6. The highest BCUT2D eigenvalue weighted by Crippen LogP contribution is 2.24. The van der Waals surface area contributed by atoms with Gasteiger partial charge < -0.3 is 15.8 Å². The van der Waals surface area contributed by atoms with Crippen LogP contribution in [0.4, 0.5) is 5.69 Å². The van der Waals surface area contributed by atoms with Gasteiger partial charge in [-0.2, -0.15) is 0 Å². The van der Waals surface area contributed by atoms with Crippen molar-refractivity contribution in [1.29, 1.82) is 0 Å². The van der Waals surface area contributed by atoms with E-state index < -0.39 is 4.92 Å². The van der Waals surface area contributed by atoms with Gasteiger partial charge in [0.1, 0.15) is 5.75 Å². The number of nitro benzene ring substituents is 1. The minimum atomic E-state index is -0.453. The van der Waals surface area contributed by atoms with E-state index in [1.54, 1.807) is 6.07 Å². The Kier molecular flexibility index (Phi) is 5.59. The minimum absolute atomic E-state index is 0.00564. The molecule has 0 fully saturated rings. The fraction of sp³-hybridized carbons (Fsp3) is 0.417. The van der Waals surface area contributed by atoms with E-state index in [2.05, 4.69) is 10.3 Å². The topological polar surface area (TPSA) is 103 Å². The van der Waals surface area contributed by atoms with Crippen molar-refractivity contribution in [2.24, 2.45) is 10.7 Å². The third-order valence-corrected chi connectivity index (χ3v) is 2.45. The zero-order chi connectivity index (χ0) is 14.3. The number of nitrogens with zero attached hydrogens (tertiary/aromatic N) is 2. The van der Waals surface area contributed by atoms with E-state index in [0.717, 1.165) is 13.0 Å². The quantitative estimate of drug-likeness (QED) is 0.351. The number of methoxy groups -OCH3 is 1. The van der Waals surface area contributed by atoms with Gasteiger partial charge in [-0.25, -0.2) is 4.99 Å².